The number of carbonyl (C=O) groups excluding carboxylic acids is 1. The molecule has 1 N–H and O–H groups in total. The molecule has 2 heterocycles. The molecule has 1 aliphatic heterocycles. The molecule has 1 fully saturated rings. The summed E-state index contributed by atoms with van der Waals surface area (Å²) in [5, 5.41) is 7.35. The Bertz CT molecular complexity index is 820. The van der Waals surface area contributed by atoms with Crippen molar-refractivity contribution in [2.24, 2.45) is 4.99 Å². The van der Waals surface area contributed by atoms with Crippen LogP contribution in [0.1, 0.15) is 23.2 Å². The molecule has 150 valence electrons. The van der Waals surface area contributed by atoms with Crippen molar-refractivity contribution in [1.29, 1.82) is 0 Å². The first-order chi connectivity index (χ1) is 13.6. The summed E-state index contributed by atoms with van der Waals surface area (Å²) in [6.45, 7) is 5.25. The number of halogens is 1. The topological polar surface area (TPSA) is 60.8 Å². The van der Waals surface area contributed by atoms with Gasteiger partial charge < -0.3 is 15.1 Å². The maximum absolute atomic E-state index is 12.6. The van der Waals surface area contributed by atoms with Crippen molar-refractivity contribution < 1.29 is 4.79 Å². The monoisotopic (exact) mass is 419 g/mol. The van der Waals surface area contributed by atoms with E-state index < -0.39 is 0 Å². The molecule has 0 saturated carbocycles. The van der Waals surface area contributed by atoms with Crippen LogP contribution in [0, 0.1) is 0 Å². The summed E-state index contributed by atoms with van der Waals surface area (Å²) in [6.07, 6.45) is 1.82. The van der Waals surface area contributed by atoms with Crippen LogP contribution in [0.15, 0.2) is 34.6 Å². The fourth-order valence-corrected chi connectivity index (χ4v) is 4.03. The van der Waals surface area contributed by atoms with Gasteiger partial charge in [-0.2, -0.15) is 0 Å². The molecule has 0 atom stereocenters. The van der Waals surface area contributed by atoms with E-state index in [2.05, 4.69) is 27.6 Å². The molecule has 0 unspecified atom stereocenters. The Morgan fingerprint density at radius 3 is 2.75 bits per heavy atom. The highest BCUT2D eigenvalue weighted by Gasteiger charge is 2.25. The molecule has 1 amide bonds. The van der Waals surface area contributed by atoms with E-state index in [-0.39, 0.29) is 5.91 Å². The van der Waals surface area contributed by atoms with Crippen molar-refractivity contribution >= 4 is 34.8 Å². The first kappa shape index (κ1) is 20.6. The SMILES string of the molecule is CCc1nc(CCNC(=NC)N2CCN(Cc3ccc(Cl)cc3)C(=O)C2)cs1. The highest BCUT2D eigenvalue weighted by Crippen LogP contribution is 2.14. The predicted octanol–water partition coefficient (Wildman–Crippen LogP) is 2.82. The molecule has 28 heavy (non-hydrogen) atoms. The van der Waals surface area contributed by atoms with Crippen molar-refractivity contribution in [3.05, 3.63) is 50.9 Å². The lowest BCUT2D eigenvalue weighted by molar-refractivity contribution is -0.135. The molecule has 1 saturated heterocycles. The fourth-order valence-electron chi connectivity index (χ4n) is 3.13. The van der Waals surface area contributed by atoms with E-state index in [9.17, 15) is 4.79 Å². The number of carbonyl (C=O) groups is 1. The van der Waals surface area contributed by atoms with Gasteiger partial charge in [0.1, 0.15) is 0 Å². The van der Waals surface area contributed by atoms with Crippen molar-refractivity contribution in [3.63, 3.8) is 0 Å². The van der Waals surface area contributed by atoms with E-state index in [1.54, 1.807) is 18.4 Å². The van der Waals surface area contributed by atoms with Gasteiger partial charge >= 0.3 is 0 Å². The van der Waals surface area contributed by atoms with Gasteiger partial charge in [0, 0.05) is 50.1 Å². The number of amides is 1. The molecule has 0 aliphatic carbocycles. The zero-order valence-electron chi connectivity index (χ0n) is 16.3. The molecule has 1 aliphatic rings. The van der Waals surface area contributed by atoms with Gasteiger partial charge in [-0.1, -0.05) is 30.7 Å². The van der Waals surface area contributed by atoms with Crippen LogP contribution in [0.25, 0.3) is 0 Å². The molecule has 3 rings (SSSR count). The highest BCUT2D eigenvalue weighted by atomic mass is 35.5. The Kier molecular flexibility index (Phi) is 7.28. The minimum atomic E-state index is 0.108. The number of nitrogens with one attached hydrogen (secondary N) is 1. The van der Waals surface area contributed by atoms with Crippen molar-refractivity contribution in [3.8, 4) is 0 Å². The first-order valence-electron chi connectivity index (χ1n) is 9.50. The number of piperazine rings is 1. The molecular formula is C20H26ClN5OS. The number of aryl methyl sites for hydroxylation is 1. The minimum absolute atomic E-state index is 0.108. The first-order valence-corrected chi connectivity index (χ1v) is 10.8. The number of rotatable bonds is 6. The largest absolute Gasteiger partial charge is 0.356 e. The van der Waals surface area contributed by atoms with Crippen LogP contribution < -0.4 is 5.32 Å². The third-order valence-corrected chi connectivity index (χ3v) is 5.98. The lowest BCUT2D eigenvalue weighted by atomic mass is 10.2. The predicted molar refractivity (Wildman–Crippen MR) is 115 cm³/mol. The number of nitrogens with zero attached hydrogens (tertiary/aromatic N) is 4. The van der Waals surface area contributed by atoms with Crippen LogP contribution >= 0.6 is 22.9 Å². The molecule has 0 spiro atoms. The Balaban J connectivity index is 1.48. The van der Waals surface area contributed by atoms with E-state index in [0.29, 0.717) is 24.7 Å². The smallest absolute Gasteiger partial charge is 0.242 e. The zero-order chi connectivity index (χ0) is 19.9. The Morgan fingerprint density at radius 1 is 1.32 bits per heavy atom. The summed E-state index contributed by atoms with van der Waals surface area (Å²) in [5.41, 5.74) is 2.19. The van der Waals surface area contributed by atoms with Crippen molar-refractivity contribution in [2.45, 2.75) is 26.3 Å². The van der Waals surface area contributed by atoms with E-state index in [1.165, 1.54) is 5.01 Å². The second-order valence-corrected chi connectivity index (χ2v) is 8.05. The maximum Gasteiger partial charge on any atom is 0.242 e. The minimum Gasteiger partial charge on any atom is -0.356 e. The third-order valence-electron chi connectivity index (χ3n) is 4.68. The van der Waals surface area contributed by atoms with Gasteiger partial charge in [-0.05, 0) is 24.1 Å². The summed E-state index contributed by atoms with van der Waals surface area (Å²) >= 11 is 7.64. The number of benzene rings is 1. The Labute approximate surface area is 175 Å². The van der Waals surface area contributed by atoms with Crippen LogP contribution in [0.5, 0.6) is 0 Å². The fraction of sp³-hybridized carbons (Fsp3) is 0.450. The molecule has 2 aromatic rings. The number of thiazole rings is 1. The molecule has 0 radical (unpaired) electrons. The second kappa shape index (κ2) is 9.89. The van der Waals surface area contributed by atoms with E-state index in [0.717, 1.165) is 43.1 Å². The van der Waals surface area contributed by atoms with Gasteiger partial charge in [-0.25, -0.2) is 4.98 Å². The van der Waals surface area contributed by atoms with E-state index in [4.69, 9.17) is 11.6 Å². The van der Waals surface area contributed by atoms with Gasteiger partial charge in [0.15, 0.2) is 5.96 Å². The van der Waals surface area contributed by atoms with Crippen molar-refractivity contribution in [1.82, 2.24) is 20.1 Å². The molecule has 6 nitrogen and oxygen atoms in total. The van der Waals surface area contributed by atoms with Crippen molar-refractivity contribution in [2.75, 3.05) is 33.2 Å². The van der Waals surface area contributed by atoms with Crippen LogP contribution in [-0.4, -0.2) is 59.9 Å². The standard InChI is InChI=1S/C20H26ClN5OS/c1-3-18-24-17(14-28-18)8-9-23-20(22-2)26-11-10-25(19(27)13-26)12-15-4-6-16(21)7-5-15/h4-7,14H,3,8-13H2,1-2H3,(H,22,23). The number of aliphatic imine (C=N–C) groups is 1. The Hall–Kier alpha value is -2.12. The molecular weight excluding hydrogens is 394 g/mol. The highest BCUT2D eigenvalue weighted by molar-refractivity contribution is 7.09. The van der Waals surface area contributed by atoms with Gasteiger partial charge in [0.2, 0.25) is 5.91 Å². The summed E-state index contributed by atoms with van der Waals surface area (Å²) in [7, 11) is 1.75. The third kappa shape index (κ3) is 5.45. The van der Waals surface area contributed by atoms with Gasteiger partial charge in [-0.15, -0.1) is 11.3 Å². The lowest BCUT2D eigenvalue weighted by Crippen LogP contribution is -2.55. The average molecular weight is 420 g/mol. The average Bonchev–Trinajstić information content (AvgIpc) is 3.16. The normalized spacial score (nSPS) is 15.2. The van der Waals surface area contributed by atoms with Gasteiger partial charge in [-0.3, -0.25) is 9.79 Å². The molecule has 1 aromatic heterocycles. The maximum atomic E-state index is 12.6. The van der Waals surface area contributed by atoms with E-state index >= 15 is 0 Å². The quantitative estimate of drug-likeness (QED) is 0.577. The second-order valence-electron chi connectivity index (χ2n) is 6.67. The number of guanidine groups is 1. The summed E-state index contributed by atoms with van der Waals surface area (Å²) in [5.74, 6) is 0.877. The number of hydrogen-bond donors (Lipinski definition) is 1. The molecule has 1 aromatic carbocycles. The number of aromatic nitrogens is 1. The van der Waals surface area contributed by atoms with Gasteiger partial charge in [0.05, 0.1) is 17.2 Å². The number of hydrogen-bond acceptors (Lipinski definition) is 4. The van der Waals surface area contributed by atoms with E-state index in [1.807, 2.05) is 34.1 Å². The lowest BCUT2D eigenvalue weighted by Gasteiger charge is -2.36. The summed E-state index contributed by atoms with van der Waals surface area (Å²) < 4.78 is 0. The molecule has 8 heteroatoms. The van der Waals surface area contributed by atoms with Crippen LogP contribution in [0.3, 0.4) is 0 Å². The summed E-state index contributed by atoms with van der Waals surface area (Å²) in [6, 6.07) is 7.64. The van der Waals surface area contributed by atoms with Gasteiger partial charge in [0.25, 0.3) is 0 Å². The molecule has 0 bridgehead atoms. The Morgan fingerprint density at radius 2 is 2.11 bits per heavy atom. The van der Waals surface area contributed by atoms with Crippen LogP contribution in [0.4, 0.5) is 0 Å². The zero-order valence-corrected chi connectivity index (χ0v) is 17.9. The van der Waals surface area contributed by atoms with Crippen LogP contribution in [0.2, 0.25) is 5.02 Å². The summed E-state index contributed by atoms with van der Waals surface area (Å²) in [4.78, 5) is 25.4. The van der Waals surface area contributed by atoms with Crippen LogP contribution in [-0.2, 0) is 24.2 Å².